The summed E-state index contributed by atoms with van der Waals surface area (Å²) in [6.45, 7) is 33.5. The first-order chi connectivity index (χ1) is 51.6. The second-order valence-corrected chi connectivity index (χ2v) is 51.0. The number of allylic oxidation sites excluding steroid dienone is 8. The van der Waals surface area contributed by atoms with Crippen LogP contribution in [0.2, 0.25) is 26.6 Å². The van der Waals surface area contributed by atoms with E-state index < -0.39 is 38.1 Å². The van der Waals surface area contributed by atoms with E-state index in [1.54, 1.807) is 76.4 Å². The van der Waals surface area contributed by atoms with Gasteiger partial charge in [-0.25, -0.2) is 0 Å². The normalized spacial score (nSPS) is 16.0. The molecule has 0 radical (unpaired) electrons. The molecule has 110 heavy (non-hydrogen) atoms. The van der Waals surface area contributed by atoms with Crippen LogP contribution in [0.15, 0.2) is 148 Å². The molecule has 5 aromatic rings. The van der Waals surface area contributed by atoms with Gasteiger partial charge in [0.2, 0.25) is 0 Å². The van der Waals surface area contributed by atoms with Crippen LogP contribution in [0.3, 0.4) is 0 Å². The number of aryl methyl sites for hydroxylation is 3. The van der Waals surface area contributed by atoms with Gasteiger partial charge in [-0.15, -0.1) is 12.3 Å². The minimum absolute atomic E-state index is 0. The Morgan fingerprint density at radius 2 is 0.773 bits per heavy atom. The van der Waals surface area contributed by atoms with Crippen molar-refractivity contribution in [3.8, 4) is 52.6 Å². The van der Waals surface area contributed by atoms with Crippen molar-refractivity contribution in [2.45, 2.75) is 222 Å². The molecule has 0 N–H and O–H groups in total. The topological polar surface area (TPSA) is 133 Å². The van der Waals surface area contributed by atoms with E-state index >= 15 is 0 Å². The van der Waals surface area contributed by atoms with E-state index in [1.807, 2.05) is 36.4 Å². The fraction of sp³-hybridized carbons (Fsp3) is 0.489. The SMILES string of the molecule is C#C[C@H]1CCC=C[C@@H]1c1ccc(OC)c(C)c1.CCC[CH2][SnH]([CH2]CCC)[CH2]CCC.CCC[CH2][Sn](/[CH]=C/[C@H]1CCC=C[C@@H]1c1ccc(OC)c(C)c1)([CH2]CCC)[CH2]CCC.COc1ccc(Br)cc1OC.COc1ccc([C@H]2C=CCC[C@@H]2/C=C/c2ccc(OC)c(OC)c2)cc1C.[CH-]=O.[CH-]=O.[CH-]=O.[CH-]=O.[CH3-].[CH3-].[Ru+2].[Ru+4]. The molecular formula is C94H139BrO11Ru2Sn2. The summed E-state index contributed by atoms with van der Waals surface area (Å²) in [5, 5.41) is 0. The van der Waals surface area contributed by atoms with Gasteiger partial charge in [-0.1, -0.05) is 82.7 Å². The monoisotopic (exact) mass is 1970 g/mol. The molecule has 6 atom stereocenters. The number of hydrogen-bond acceptors (Lipinski definition) is 11. The van der Waals surface area contributed by atoms with Gasteiger partial charge >= 0.3 is 323 Å². The van der Waals surface area contributed by atoms with Gasteiger partial charge in [0.15, 0.2) is 23.0 Å². The molecule has 0 aliphatic heterocycles. The Hall–Kier alpha value is -5.04. The molecule has 0 bridgehead atoms. The second-order valence-electron chi connectivity index (χ2n) is 27.2. The summed E-state index contributed by atoms with van der Waals surface area (Å²) in [6.07, 6.45) is 51.1. The third-order valence-corrected chi connectivity index (χ3v) is 45.1. The Labute approximate surface area is 716 Å². The van der Waals surface area contributed by atoms with Crippen LogP contribution >= 0.6 is 15.9 Å². The second kappa shape index (κ2) is 71.7. The van der Waals surface area contributed by atoms with Gasteiger partial charge in [0.25, 0.3) is 0 Å². The van der Waals surface area contributed by atoms with Crippen molar-refractivity contribution >= 4 is 87.3 Å². The number of halogens is 1. The molecule has 8 rings (SSSR count). The van der Waals surface area contributed by atoms with Crippen LogP contribution in [0.25, 0.3) is 6.08 Å². The number of ether oxygens (including phenoxy) is 7. The molecule has 5 aromatic carbocycles. The summed E-state index contributed by atoms with van der Waals surface area (Å²) in [5.41, 5.74) is 8.80. The third kappa shape index (κ3) is 42.4. The Kier molecular flexibility index (Phi) is 74.0. The van der Waals surface area contributed by atoms with Crippen molar-refractivity contribution in [3.05, 3.63) is 202 Å². The zero-order valence-electron chi connectivity index (χ0n) is 70.4. The quantitative estimate of drug-likeness (QED) is 0.0134. The molecule has 0 aromatic heterocycles. The molecule has 0 spiro atoms. The van der Waals surface area contributed by atoms with Crippen LogP contribution in [0, 0.1) is 65.7 Å². The summed E-state index contributed by atoms with van der Waals surface area (Å²) >= 11 is 0.155. The third-order valence-electron chi connectivity index (χ3n) is 20.0. The zero-order chi connectivity index (χ0) is 79.5. The van der Waals surface area contributed by atoms with E-state index in [4.69, 9.17) is 58.8 Å². The van der Waals surface area contributed by atoms with Crippen molar-refractivity contribution in [2.24, 2.45) is 17.8 Å². The summed E-state index contributed by atoms with van der Waals surface area (Å²) in [4.78, 5) is 31.0. The number of rotatable bonds is 32. The van der Waals surface area contributed by atoms with Gasteiger partial charge < -0.3 is 62.5 Å². The Bertz CT molecular complexity index is 3280. The minimum Gasteiger partial charge on any atom is -0.545 e. The van der Waals surface area contributed by atoms with E-state index in [1.165, 1.54) is 123 Å². The molecular weight excluding hydrogens is 1820 g/mol. The fourth-order valence-electron chi connectivity index (χ4n) is 14.0. The molecule has 612 valence electrons. The molecule has 3 aliphatic carbocycles. The largest absolute Gasteiger partial charge is 4.00 e. The Morgan fingerprint density at radius 3 is 1.13 bits per heavy atom. The average molecular weight is 1960 g/mol. The number of unbranched alkanes of at least 4 members (excludes halogenated alkanes) is 6. The number of hydrogen-bond donors (Lipinski definition) is 0. The molecule has 0 heterocycles. The number of methoxy groups -OCH3 is 7. The number of terminal acetylenes is 1. The number of carbonyl (C=O) groups excluding carboxylic acids is 4. The first kappa shape index (κ1) is 114. The van der Waals surface area contributed by atoms with Crippen molar-refractivity contribution in [1.82, 2.24) is 0 Å². The van der Waals surface area contributed by atoms with E-state index in [-0.39, 0.29) is 53.8 Å². The van der Waals surface area contributed by atoms with E-state index in [9.17, 15) is 0 Å². The van der Waals surface area contributed by atoms with Crippen LogP contribution in [0.1, 0.15) is 214 Å². The van der Waals surface area contributed by atoms with Crippen LogP contribution in [0.4, 0.5) is 0 Å². The van der Waals surface area contributed by atoms with Crippen LogP contribution in [-0.4, -0.2) is 115 Å². The standard InChI is InChI=1S/C24H28O3.C16H19O.C16H18O.C8H9BrO2.6C4H9.4CHO.2CH3.2Ru.2Sn.H/c1-17-15-20(12-14-22(17)25-2)21-8-6-5-7-19(21)11-9-18-10-13-23(26-3)24(16-18)27-4;2*1-4-13-7-5-6-8-15(13)14-9-10-16(17-3)12(2)11-14;1-10-7-4-3-6(9)5-8(7)11-2;6*1-3-4-2;4*1-2;;;;;;;/h6,8-16,19,21H,5,7H2,1-4H3;1,4,6,8-11,13,15H,5,7H2,2-3H3;1,6,8-11,13,15H,5,7H2,2-3H3;3-5H,1-2H3;6*1,3-4H2,2H3;4*1H;2*1H3;;;;;/q;;;;;;;;;;6*-1;+2;+4;;;/b11-9+;;;;;;;;;;;;;;;;;;;;/t19-,21+;2*13-,15-;;;;;;;;;;;;;;;;;;/m100................../s1. The van der Waals surface area contributed by atoms with Gasteiger partial charge in [0, 0.05) is 22.2 Å². The summed E-state index contributed by atoms with van der Waals surface area (Å²) in [5.74, 6) is 11.5. The molecule has 0 unspecified atom stereocenters. The molecule has 16 heteroatoms. The van der Waals surface area contributed by atoms with Gasteiger partial charge in [-0.05, 0) is 116 Å². The molecule has 0 amide bonds. The average Bonchev–Trinajstić information content (AvgIpc) is 0.828. The van der Waals surface area contributed by atoms with Crippen molar-refractivity contribution in [3.63, 3.8) is 0 Å². The maximum absolute atomic E-state index is 7.75. The molecule has 0 saturated heterocycles. The number of benzene rings is 5. The zero-order valence-corrected chi connectivity index (χ0v) is 81.6. The molecule has 3 aliphatic rings. The summed E-state index contributed by atoms with van der Waals surface area (Å²) in [7, 11) is 11.7. The maximum Gasteiger partial charge on any atom is 4.00 e. The summed E-state index contributed by atoms with van der Waals surface area (Å²) < 4.78 is 50.7. The van der Waals surface area contributed by atoms with Crippen molar-refractivity contribution in [2.75, 3.05) is 49.8 Å². The Morgan fingerprint density at radius 1 is 0.445 bits per heavy atom. The van der Waals surface area contributed by atoms with Gasteiger partial charge in [-0.2, -0.15) is 0 Å². The van der Waals surface area contributed by atoms with Crippen LogP contribution in [-0.2, 0) is 58.1 Å². The van der Waals surface area contributed by atoms with Crippen LogP contribution < -0.4 is 33.2 Å². The van der Waals surface area contributed by atoms with E-state index in [2.05, 4.69) is 225 Å². The predicted octanol–water partition coefficient (Wildman–Crippen LogP) is 25.3. The van der Waals surface area contributed by atoms with Crippen molar-refractivity contribution in [1.29, 1.82) is 0 Å². The minimum atomic E-state index is -2.21. The molecule has 11 nitrogen and oxygen atoms in total. The predicted molar refractivity (Wildman–Crippen MR) is 472 cm³/mol. The van der Waals surface area contributed by atoms with E-state index in [0.717, 1.165) is 76.0 Å². The van der Waals surface area contributed by atoms with Gasteiger partial charge in [-0.3, -0.25) is 27.2 Å². The smallest absolute Gasteiger partial charge is 0.545 e. The fourth-order valence-corrected chi connectivity index (χ4v) is 39.7. The van der Waals surface area contributed by atoms with E-state index in [0.29, 0.717) is 35.5 Å². The maximum atomic E-state index is 7.75. The first-order valence-corrected chi connectivity index (χ1v) is 53.9. The molecule has 0 fully saturated rings. The van der Waals surface area contributed by atoms with Crippen molar-refractivity contribution < 1.29 is 91.3 Å². The summed E-state index contributed by atoms with van der Waals surface area (Å²) in [6, 6.07) is 31.3. The Balaban J connectivity index is -0.000000421. The first-order valence-electron chi connectivity index (χ1n) is 38.4. The van der Waals surface area contributed by atoms with Gasteiger partial charge in [0.1, 0.15) is 11.5 Å². The van der Waals surface area contributed by atoms with Crippen LogP contribution in [0.5, 0.6) is 40.2 Å². The molecule has 0 saturated carbocycles. The van der Waals surface area contributed by atoms with Gasteiger partial charge in [0.05, 0.1) is 42.7 Å².